The molecular weight excluding hydrogens is 226 g/mol. The van der Waals surface area contributed by atoms with Crippen LogP contribution in [0.1, 0.15) is 39.0 Å². The van der Waals surface area contributed by atoms with Crippen molar-refractivity contribution >= 4 is 15.9 Å². The molecule has 2 heterocycles. The Kier molecular flexibility index (Phi) is 2.99. The highest BCUT2D eigenvalue weighted by molar-refractivity contribution is 9.09. The molecule has 2 fully saturated rings. The van der Waals surface area contributed by atoms with Gasteiger partial charge in [0.1, 0.15) is 0 Å². The Labute approximate surface area is 90.0 Å². The number of hydrogen-bond acceptors (Lipinski definition) is 1. The fraction of sp³-hybridized carbons (Fsp3) is 1.00. The Balaban J connectivity index is 2.14. The van der Waals surface area contributed by atoms with Crippen LogP contribution < -0.4 is 0 Å². The molecule has 0 aromatic carbocycles. The second-order valence-electron chi connectivity index (χ2n) is 4.79. The van der Waals surface area contributed by atoms with E-state index in [-0.39, 0.29) is 0 Å². The quantitative estimate of drug-likeness (QED) is 0.643. The maximum atomic E-state index is 3.68. The maximum absolute atomic E-state index is 3.68. The van der Waals surface area contributed by atoms with Crippen LogP contribution in [-0.2, 0) is 0 Å². The van der Waals surface area contributed by atoms with Crippen LogP contribution in [0.25, 0.3) is 0 Å². The molecule has 0 aromatic heterocycles. The highest BCUT2D eigenvalue weighted by Crippen LogP contribution is 2.40. The van der Waals surface area contributed by atoms with Crippen molar-refractivity contribution in [2.24, 2.45) is 5.92 Å². The normalized spacial score (nSPS) is 41.5. The predicted octanol–water partition coefficient (Wildman–Crippen LogP) is 3.04. The van der Waals surface area contributed by atoms with Gasteiger partial charge in [-0.1, -0.05) is 22.4 Å². The zero-order valence-corrected chi connectivity index (χ0v) is 10.1. The molecule has 0 aliphatic carbocycles. The van der Waals surface area contributed by atoms with Crippen molar-refractivity contribution < 1.29 is 0 Å². The first-order valence-electron chi connectivity index (χ1n) is 5.58. The Hall–Kier alpha value is 0.440. The molecule has 0 spiro atoms. The van der Waals surface area contributed by atoms with Gasteiger partial charge >= 0.3 is 0 Å². The Morgan fingerprint density at radius 2 is 2.08 bits per heavy atom. The Bertz CT molecular complexity index is 172. The topological polar surface area (TPSA) is 3.24 Å². The third kappa shape index (κ3) is 1.68. The van der Waals surface area contributed by atoms with Gasteiger partial charge in [0.15, 0.2) is 0 Å². The largest absolute Gasteiger partial charge is 0.298 e. The van der Waals surface area contributed by atoms with E-state index in [1.165, 1.54) is 50.5 Å². The van der Waals surface area contributed by atoms with E-state index < -0.39 is 0 Å². The molecule has 0 radical (unpaired) electrons. The summed E-state index contributed by atoms with van der Waals surface area (Å²) in [4.78, 5) is 2.74. The number of rotatable bonds is 1. The lowest BCUT2D eigenvalue weighted by molar-refractivity contribution is -0.0126. The van der Waals surface area contributed by atoms with E-state index in [0.717, 1.165) is 5.92 Å². The Morgan fingerprint density at radius 3 is 2.85 bits per heavy atom. The summed E-state index contributed by atoms with van der Waals surface area (Å²) < 4.78 is 0. The van der Waals surface area contributed by atoms with Gasteiger partial charge in [-0.25, -0.2) is 0 Å². The van der Waals surface area contributed by atoms with E-state index >= 15 is 0 Å². The van der Waals surface area contributed by atoms with E-state index in [9.17, 15) is 0 Å². The molecule has 2 aliphatic heterocycles. The van der Waals surface area contributed by atoms with Gasteiger partial charge in [-0.05, 0) is 51.6 Å². The van der Waals surface area contributed by atoms with E-state index in [0.29, 0.717) is 5.54 Å². The molecule has 76 valence electrons. The van der Waals surface area contributed by atoms with Gasteiger partial charge in [-0.15, -0.1) is 0 Å². The molecule has 2 saturated heterocycles. The molecule has 2 heteroatoms. The minimum Gasteiger partial charge on any atom is -0.298 e. The van der Waals surface area contributed by atoms with Crippen molar-refractivity contribution in [2.45, 2.75) is 44.6 Å². The lowest BCUT2D eigenvalue weighted by atomic mass is 9.73. The predicted molar refractivity (Wildman–Crippen MR) is 60.3 cm³/mol. The van der Waals surface area contributed by atoms with Crippen molar-refractivity contribution in [3.63, 3.8) is 0 Å². The van der Waals surface area contributed by atoms with Crippen LogP contribution in [-0.4, -0.2) is 28.9 Å². The van der Waals surface area contributed by atoms with Crippen molar-refractivity contribution in [1.29, 1.82) is 0 Å². The van der Waals surface area contributed by atoms with Gasteiger partial charge in [0.05, 0.1) is 0 Å². The molecule has 0 amide bonds. The summed E-state index contributed by atoms with van der Waals surface area (Å²) >= 11 is 3.68. The van der Waals surface area contributed by atoms with Gasteiger partial charge < -0.3 is 0 Å². The number of hydrogen-bond donors (Lipinski definition) is 0. The van der Waals surface area contributed by atoms with Crippen LogP contribution in [0.2, 0.25) is 0 Å². The van der Waals surface area contributed by atoms with Gasteiger partial charge in [-0.2, -0.15) is 0 Å². The summed E-state index contributed by atoms with van der Waals surface area (Å²) in [5.74, 6) is 0.890. The fourth-order valence-electron chi connectivity index (χ4n) is 3.11. The van der Waals surface area contributed by atoms with Gasteiger partial charge in [-0.3, -0.25) is 4.90 Å². The van der Waals surface area contributed by atoms with E-state index in [1.54, 1.807) is 0 Å². The average Bonchev–Trinajstić information content (AvgIpc) is 2.16. The summed E-state index contributed by atoms with van der Waals surface area (Å²) in [7, 11) is 0. The number of halogens is 1. The summed E-state index contributed by atoms with van der Waals surface area (Å²) in [5, 5.41) is 1.19. The minimum absolute atomic E-state index is 0.528. The lowest BCUT2D eigenvalue weighted by Gasteiger charge is -2.52. The zero-order chi connectivity index (χ0) is 9.31. The van der Waals surface area contributed by atoms with E-state index in [2.05, 4.69) is 27.8 Å². The first-order valence-corrected chi connectivity index (χ1v) is 6.70. The molecule has 2 atom stereocenters. The smallest absolute Gasteiger partial charge is 0.0217 e. The Morgan fingerprint density at radius 1 is 1.31 bits per heavy atom. The van der Waals surface area contributed by atoms with Crippen molar-refractivity contribution in [2.75, 3.05) is 18.4 Å². The van der Waals surface area contributed by atoms with Crippen LogP contribution >= 0.6 is 15.9 Å². The van der Waals surface area contributed by atoms with Crippen LogP contribution in [0.4, 0.5) is 0 Å². The number of piperidine rings is 2. The second-order valence-corrected chi connectivity index (χ2v) is 5.44. The molecule has 2 rings (SSSR count). The van der Waals surface area contributed by atoms with E-state index in [1.807, 2.05) is 0 Å². The van der Waals surface area contributed by atoms with Crippen molar-refractivity contribution in [3.05, 3.63) is 0 Å². The molecular formula is C11H20BrN. The molecule has 13 heavy (non-hydrogen) atoms. The van der Waals surface area contributed by atoms with Crippen molar-refractivity contribution in [1.82, 2.24) is 4.90 Å². The SMILES string of the molecule is CC12CCCCN1CCCC2CBr. The first-order chi connectivity index (χ1) is 6.27. The molecule has 0 N–H and O–H groups in total. The molecule has 1 nitrogen and oxygen atoms in total. The number of nitrogens with zero attached hydrogens (tertiary/aromatic N) is 1. The summed E-state index contributed by atoms with van der Waals surface area (Å²) in [6.07, 6.45) is 7.12. The highest BCUT2D eigenvalue weighted by atomic mass is 79.9. The molecule has 2 aliphatic rings. The molecule has 2 unspecified atom stereocenters. The molecule has 0 aromatic rings. The standard InChI is InChI=1S/C11H20BrN/c1-11-6-2-3-7-13(11)8-4-5-10(11)9-12/h10H,2-9H2,1H3. The van der Waals surface area contributed by atoms with Gasteiger partial charge in [0.2, 0.25) is 0 Å². The lowest BCUT2D eigenvalue weighted by Crippen LogP contribution is -2.57. The second kappa shape index (κ2) is 3.90. The first kappa shape index (κ1) is 9.97. The summed E-state index contributed by atoms with van der Waals surface area (Å²) in [6, 6.07) is 0. The van der Waals surface area contributed by atoms with Crippen LogP contribution in [0.3, 0.4) is 0 Å². The van der Waals surface area contributed by atoms with E-state index in [4.69, 9.17) is 0 Å². The third-order valence-electron chi connectivity index (χ3n) is 4.13. The van der Waals surface area contributed by atoms with Gasteiger partial charge in [0, 0.05) is 10.9 Å². The van der Waals surface area contributed by atoms with Crippen LogP contribution in [0, 0.1) is 5.92 Å². The monoisotopic (exact) mass is 245 g/mol. The summed E-state index contributed by atoms with van der Waals surface area (Å²) in [5.41, 5.74) is 0.528. The zero-order valence-electron chi connectivity index (χ0n) is 8.56. The minimum atomic E-state index is 0.528. The molecule has 0 saturated carbocycles. The summed E-state index contributed by atoms with van der Waals surface area (Å²) in [6.45, 7) is 5.18. The number of fused-ring (bicyclic) bond motifs is 1. The third-order valence-corrected chi connectivity index (χ3v) is 4.91. The van der Waals surface area contributed by atoms with Gasteiger partial charge in [0.25, 0.3) is 0 Å². The highest BCUT2D eigenvalue weighted by Gasteiger charge is 2.42. The van der Waals surface area contributed by atoms with Crippen LogP contribution in [0.5, 0.6) is 0 Å². The van der Waals surface area contributed by atoms with Crippen LogP contribution in [0.15, 0.2) is 0 Å². The average molecular weight is 246 g/mol. The van der Waals surface area contributed by atoms with Crippen molar-refractivity contribution in [3.8, 4) is 0 Å². The number of alkyl halides is 1. The molecule has 0 bridgehead atoms. The maximum Gasteiger partial charge on any atom is 0.0217 e. The fourth-order valence-corrected chi connectivity index (χ4v) is 4.13.